The maximum absolute atomic E-state index is 12.9. The molecule has 134 valence electrons. The minimum absolute atomic E-state index is 0.415. The van der Waals surface area contributed by atoms with Crippen molar-refractivity contribution in [2.75, 3.05) is 31.1 Å². The van der Waals surface area contributed by atoms with Crippen molar-refractivity contribution in [1.82, 2.24) is 14.5 Å². The van der Waals surface area contributed by atoms with Crippen LogP contribution in [0.5, 0.6) is 0 Å². The van der Waals surface area contributed by atoms with Gasteiger partial charge in [0.25, 0.3) is 0 Å². The first-order valence-electron chi connectivity index (χ1n) is 8.61. The number of nitrogens with zero attached hydrogens (tertiary/aromatic N) is 4. The average molecular weight is 379 g/mol. The van der Waals surface area contributed by atoms with Crippen molar-refractivity contribution in [3.05, 3.63) is 34.3 Å². The first-order valence-corrected chi connectivity index (χ1v) is 10.9. The van der Waals surface area contributed by atoms with E-state index in [1.807, 2.05) is 26.0 Å². The predicted molar refractivity (Wildman–Crippen MR) is 98.8 cm³/mol. The SMILES string of the molecule is Cc1ccc(S(=O)(=O)N2CCN(c3nnc(C4CC4)s3)CC2)c(C)c1. The highest BCUT2D eigenvalue weighted by molar-refractivity contribution is 7.89. The molecule has 4 rings (SSSR count). The molecule has 1 aromatic heterocycles. The second-order valence-electron chi connectivity index (χ2n) is 6.86. The number of anilines is 1. The maximum atomic E-state index is 12.9. The number of piperazine rings is 1. The summed E-state index contributed by atoms with van der Waals surface area (Å²) < 4.78 is 27.5. The molecule has 8 heteroatoms. The third-order valence-electron chi connectivity index (χ3n) is 4.81. The van der Waals surface area contributed by atoms with Gasteiger partial charge in [-0.15, -0.1) is 10.2 Å². The molecule has 0 spiro atoms. The van der Waals surface area contributed by atoms with Gasteiger partial charge in [-0.05, 0) is 38.3 Å². The molecular formula is C17H22N4O2S2. The van der Waals surface area contributed by atoms with Crippen LogP contribution in [0.25, 0.3) is 0 Å². The fraction of sp³-hybridized carbons (Fsp3) is 0.529. The molecule has 1 aromatic carbocycles. The van der Waals surface area contributed by atoms with Gasteiger partial charge in [0, 0.05) is 32.1 Å². The number of hydrogen-bond donors (Lipinski definition) is 0. The summed E-state index contributed by atoms with van der Waals surface area (Å²) in [6.07, 6.45) is 2.44. The summed E-state index contributed by atoms with van der Waals surface area (Å²) in [5.41, 5.74) is 1.88. The van der Waals surface area contributed by atoms with Crippen LogP contribution in [0.4, 0.5) is 5.13 Å². The van der Waals surface area contributed by atoms with Gasteiger partial charge in [0.2, 0.25) is 15.2 Å². The molecule has 1 saturated heterocycles. The van der Waals surface area contributed by atoms with E-state index in [1.165, 1.54) is 12.8 Å². The smallest absolute Gasteiger partial charge is 0.243 e. The lowest BCUT2D eigenvalue weighted by molar-refractivity contribution is 0.384. The molecule has 0 bridgehead atoms. The highest BCUT2D eigenvalue weighted by Crippen LogP contribution is 2.42. The van der Waals surface area contributed by atoms with Crippen molar-refractivity contribution in [1.29, 1.82) is 0 Å². The van der Waals surface area contributed by atoms with Crippen LogP contribution < -0.4 is 4.90 Å². The summed E-state index contributed by atoms with van der Waals surface area (Å²) in [4.78, 5) is 2.57. The van der Waals surface area contributed by atoms with Crippen LogP contribution in [0, 0.1) is 13.8 Å². The van der Waals surface area contributed by atoms with Crippen LogP contribution in [0.3, 0.4) is 0 Å². The first-order chi connectivity index (χ1) is 11.9. The minimum atomic E-state index is -3.44. The summed E-state index contributed by atoms with van der Waals surface area (Å²) in [6.45, 7) is 6.10. The molecule has 25 heavy (non-hydrogen) atoms. The Morgan fingerprint density at radius 3 is 2.44 bits per heavy atom. The molecule has 0 amide bonds. The van der Waals surface area contributed by atoms with E-state index in [9.17, 15) is 8.42 Å². The van der Waals surface area contributed by atoms with E-state index in [1.54, 1.807) is 21.7 Å². The number of rotatable bonds is 4. The molecule has 2 aromatic rings. The Balaban J connectivity index is 1.46. The van der Waals surface area contributed by atoms with Crippen LogP contribution in [-0.4, -0.2) is 49.1 Å². The summed E-state index contributed by atoms with van der Waals surface area (Å²) >= 11 is 1.65. The average Bonchev–Trinajstić information content (AvgIpc) is 3.32. The molecule has 2 aliphatic rings. The third-order valence-corrected chi connectivity index (χ3v) is 8.02. The quantitative estimate of drug-likeness (QED) is 0.818. The highest BCUT2D eigenvalue weighted by Gasteiger charge is 2.32. The van der Waals surface area contributed by atoms with Crippen LogP contribution in [0.1, 0.15) is 34.9 Å². The monoisotopic (exact) mass is 378 g/mol. The largest absolute Gasteiger partial charge is 0.344 e. The Hall–Kier alpha value is -1.51. The normalized spacial score (nSPS) is 19.4. The summed E-state index contributed by atoms with van der Waals surface area (Å²) in [5.74, 6) is 0.609. The topological polar surface area (TPSA) is 66.4 Å². The van der Waals surface area contributed by atoms with Gasteiger partial charge in [0.05, 0.1) is 4.90 Å². The van der Waals surface area contributed by atoms with Gasteiger partial charge in [-0.2, -0.15) is 4.31 Å². The van der Waals surface area contributed by atoms with Gasteiger partial charge >= 0.3 is 0 Å². The van der Waals surface area contributed by atoms with Crippen molar-refractivity contribution in [3.8, 4) is 0 Å². The summed E-state index contributed by atoms with van der Waals surface area (Å²) in [5, 5.41) is 10.6. The van der Waals surface area contributed by atoms with Gasteiger partial charge in [0.15, 0.2) is 0 Å². The van der Waals surface area contributed by atoms with Gasteiger partial charge in [-0.1, -0.05) is 29.0 Å². The molecule has 0 N–H and O–H groups in total. The van der Waals surface area contributed by atoms with Crippen LogP contribution in [0.2, 0.25) is 0 Å². The van der Waals surface area contributed by atoms with Gasteiger partial charge in [-0.25, -0.2) is 8.42 Å². The van der Waals surface area contributed by atoms with Crippen molar-refractivity contribution in [2.24, 2.45) is 0 Å². The Labute approximate surface area is 152 Å². The van der Waals surface area contributed by atoms with E-state index in [0.29, 0.717) is 37.0 Å². The second-order valence-corrected chi connectivity index (χ2v) is 9.75. The van der Waals surface area contributed by atoms with E-state index in [2.05, 4.69) is 15.1 Å². The maximum Gasteiger partial charge on any atom is 0.243 e. The highest BCUT2D eigenvalue weighted by atomic mass is 32.2. The Kier molecular flexibility index (Phi) is 4.29. The van der Waals surface area contributed by atoms with Gasteiger partial charge in [-0.3, -0.25) is 0 Å². The van der Waals surface area contributed by atoms with E-state index >= 15 is 0 Å². The van der Waals surface area contributed by atoms with Crippen molar-refractivity contribution < 1.29 is 8.42 Å². The van der Waals surface area contributed by atoms with Crippen molar-refractivity contribution in [3.63, 3.8) is 0 Å². The van der Waals surface area contributed by atoms with Crippen LogP contribution in [0.15, 0.2) is 23.1 Å². The molecule has 1 aliphatic heterocycles. The molecule has 2 heterocycles. The zero-order valence-electron chi connectivity index (χ0n) is 14.5. The van der Waals surface area contributed by atoms with E-state index < -0.39 is 10.0 Å². The first kappa shape index (κ1) is 16.9. The van der Waals surface area contributed by atoms with Gasteiger partial charge < -0.3 is 4.90 Å². The predicted octanol–water partition coefficient (Wildman–Crippen LogP) is 2.54. The molecule has 1 saturated carbocycles. The molecule has 2 fully saturated rings. The molecule has 0 atom stereocenters. The lowest BCUT2D eigenvalue weighted by Gasteiger charge is -2.33. The fourth-order valence-corrected chi connectivity index (χ4v) is 5.89. The number of aryl methyl sites for hydroxylation is 2. The Morgan fingerprint density at radius 2 is 1.80 bits per heavy atom. The number of aromatic nitrogens is 2. The molecule has 0 unspecified atom stereocenters. The number of sulfonamides is 1. The summed E-state index contributed by atoms with van der Waals surface area (Å²) in [6, 6.07) is 5.50. The number of hydrogen-bond acceptors (Lipinski definition) is 6. The molecule has 1 aliphatic carbocycles. The van der Waals surface area contributed by atoms with Crippen LogP contribution in [-0.2, 0) is 10.0 Å². The molecular weight excluding hydrogens is 356 g/mol. The summed E-state index contributed by atoms with van der Waals surface area (Å²) in [7, 11) is -3.44. The molecule has 6 nitrogen and oxygen atoms in total. The molecule has 0 radical (unpaired) electrons. The van der Waals surface area contributed by atoms with E-state index in [4.69, 9.17) is 0 Å². The lowest BCUT2D eigenvalue weighted by Crippen LogP contribution is -2.48. The standard InChI is InChI=1S/C17H22N4O2S2/c1-12-3-6-15(13(2)11-12)25(22,23)21-9-7-20(8-10-21)17-19-18-16(24-17)14-4-5-14/h3,6,11,14H,4-5,7-10H2,1-2H3. The second kappa shape index (κ2) is 6.34. The van der Waals surface area contributed by atoms with Crippen LogP contribution >= 0.6 is 11.3 Å². The van der Waals surface area contributed by atoms with E-state index in [0.717, 1.165) is 21.3 Å². The number of benzene rings is 1. The van der Waals surface area contributed by atoms with E-state index in [-0.39, 0.29) is 0 Å². The van der Waals surface area contributed by atoms with Crippen molar-refractivity contribution >= 4 is 26.5 Å². The lowest BCUT2D eigenvalue weighted by atomic mass is 10.2. The Bertz CT molecular complexity index is 882. The third kappa shape index (κ3) is 3.30. The Morgan fingerprint density at radius 1 is 1.08 bits per heavy atom. The fourth-order valence-electron chi connectivity index (χ4n) is 3.20. The minimum Gasteiger partial charge on any atom is -0.344 e. The zero-order chi connectivity index (χ0) is 17.6. The van der Waals surface area contributed by atoms with Crippen molar-refractivity contribution in [2.45, 2.75) is 37.5 Å². The zero-order valence-corrected chi connectivity index (χ0v) is 16.1. The van der Waals surface area contributed by atoms with Gasteiger partial charge in [0.1, 0.15) is 5.01 Å².